The molecule has 0 heterocycles. The first-order chi connectivity index (χ1) is 9.02. The maximum atomic E-state index is 12.1. The molecule has 0 aromatic heterocycles. The fourth-order valence-electron chi connectivity index (χ4n) is 2.90. The van der Waals surface area contributed by atoms with Gasteiger partial charge in [0.05, 0.1) is 7.11 Å². The highest BCUT2D eigenvalue weighted by molar-refractivity contribution is 5.83. The molecule has 1 saturated carbocycles. The summed E-state index contributed by atoms with van der Waals surface area (Å²) >= 11 is 0. The number of rotatable bonds is 3. The summed E-state index contributed by atoms with van der Waals surface area (Å²) in [6.07, 6.45) is 1.68. The SMILES string of the molecule is C=C(C)[C@H]1CC(=O)C(C)[C@H](c2ccc(OC)cc2)C1. The molecule has 0 radical (unpaired) electrons. The predicted molar refractivity (Wildman–Crippen MR) is 77.4 cm³/mol. The van der Waals surface area contributed by atoms with E-state index >= 15 is 0 Å². The van der Waals surface area contributed by atoms with Gasteiger partial charge in [0.1, 0.15) is 11.5 Å². The molecule has 3 atom stereocenters. The van der Waals surface area contributed by atoms with E-state index in [2.05, 4.69) is 18.7 Å². The Morgan fingerprint density at radius 2 is 1.95 bits per heavy atom. The van der Waals surface area contributed by atoms with Crippen LogP contribution in [0.3, 0.4) is 0 Å². The van der Waals surface area contributed by atoms with Gasteiger partial charge in [-0.15, -0.1) is 0 Å². The predicted octanol–water partition coefficient (Wildman–Crippen LogP) is 3.97. The minimum Gasteiger partial charge on any atom is -0.497 e. The second-order valence-corrected chi connectivity index (χ2v) is 5.62. The smallest absolute Gasteiger partial charge is 0.136 e. The van der Waals surface area contributed by atoms with E-state index in [9.17, 15) is 4.79 Å². The lowest BCUT2D eigenvalue weighted by Gasteiger charge is -2.34. The number of carbonyl (C=O) groups is 1. The van der Waals surface area contributed by atoms with Crippen molar-refractivity contribution >= 4 is 5.78 Å². The molecule has 0 N–H and O–H groups in total. The number of methoxy groups -OCH3 is 1. The minimum absolute atomic E-state index is 0.101. The van der Waals surface area contributed by atoms with E-state index in [1.54, 1.807) is 7.11 Å². The molecule has 0 bridgehead atoms. The van der Waals surface area contributed by atoms with Gasteiger partial charge in [-0.1, -0.05) is 31.2 Å². The van der Waals surface area contributed by atoms with Crippen molar-refractivity contribution in [2.24, 2.45) is 11.8 Å². The first kappa shape index (κ1) is 13.9. The summed E-state index contributed by atoms with van der Waals surface area (Å²) < 4.78 is 5.18. The van der Waals surface area contributed by atoms with Gasteiger partial charge in [0, 0.05) is 12.3 Å². The molecule has 1 aliphatic carbocycles. The third kappa shape index (κ3) is 2.89. The molecule has 102 valence electrons. The molecule has 1 fully saturated rings. The lowest BCUT2D eigenvalue weighted by atomic mass is 9.69. The molecule has 2 heteroatoms. The lowest BCUT2D eigenvalue weighted by Crippen LogP contribution is -2.30. The Bertz CT molecular complexity index is 473. The Labute approximate surface area is 115 Å². The van der Waals surface area contributed by atoms with Gasteiger partial charge in [-0.05, 0) is 42.9 Å². The van der Waals surface area contributed by atoms with Crippen molar-refractivity contribution in [2.45, 2.75) is 32.6 Å². The Morgan fingerprint density at radius 1 is 1.32 bits per heavy atom. The van der Waals surface area contributed by atoms with Crippen LogP contribution in [-0.2, 0) is 4.79 Å². The topological polar surface area (TPSA) is 26.3 Å². The second-order valence-electron chi connectivity index (χ2n) is 5.62. The molecule has 1 aliphatic rings. The molecule has 0 spiro atoms. The van der Waals surface area contributed by atoms with Crippen LogP contribution in [0, 0.1) is 11.8 Å². The number of hydrogen-bond acceptors (Lipinski definition) is 2. The summed E-state index contributed by atoms with van der Waals surface area (Å²) in [6.45, 7) is 8.10. The highest BCUT2D eigenvalue weighted by Gasteiger charge is 2.34. The maximum absolute atomic E-state index is 12.1. The van der Waals surface area contributed by atoms with Gasteiger partial charge in [-0.2, -0.15) is 0 Å². The highest BCUT2D eigenvalue weighted by Crippen LogP contribution is 2.41. The largest absolute Gasteiger partial charge is 0.497 e. The van der Waals surface area contributed by atoms with Crippen molar-refractivity contribution in [3.05, 3.63) is 42.0 Å². The van der Waals surface area contributed by atoms with E-state index in [0.29, 0.717) is 24.0 Å². The monoisotopic (exact) mass is 258 g/mol. The fourth-order valence-corrected chi connectivity index (χ4v) is 2.90. The molecular formula is C17H22O2. The van der Waals surface area contributed by atoms with Gasteiger partial charge >= 0.3 is 0 Å². The zero-order valence-electron chi connectivity index (χ0n) is 12.0. The summed E-state index contributed by atoms with van der Waals surface area (Å²) in [5, 5.41) is 0. The van der Waals surface area contributed by atoms with Crippen molar-refractivity contribution in [2.75, 3.05) is 7.11 Å². The molecule has 0 aliphatic heterocycles. The maximum Gasteiger partial charge on any atom is 0.136 e. The number of benzene rings is 1. The van der Waals surface area contributed by atoms with Crippen molar-refractivity contribution in [1.29, 1.82) is 0 Å². The van der Waals surface area contributed by atoms with Crippen LogP contribution in [-0.4, -0.2) is 12.9 Å². The molecule has 2 rings (SSSR count). The van der Waals surface area contributed by atoms with Gasteiger partial charge in [0.25, 0.3) is 0 Å². The third-order valence-electron chi connectivity index (χ3n) is 4.34. The Morgan fingerprint density at radius 3 is 2.47 bits per heavy atom. The highest BCUT2D eigenvalue weighted by atomic mass is 16.5. The zero-order chi connectivity index (χ0) is 14.0. The minimum atomic E-state index is 0.101. The number of allylic oxidation sites excluding steroid dienone is 1. The van der Waals surface area contributed by atoms with Crippen LogP contribution < -0.4 is 4.74 Å². The first-order valence-electron chi connectivity index (χ1n) is 6.85. The van der Waals surface area contributed by atoms with E-state index in [1.165, 1.54) is 5.56 Å². The van der Waals surface area contributed by atoms with Crippen molar-refractivity contribution in [3.63, 3.8) is 0 Å². The normalized spacial score (nSPS) is 27.1. The number of ether oxygens (including phenoxy) is 1. The summed E-state index contributed by atoms with van der Waals surface area (Å²) in [4.78, 5) is 12.1. The molecular weight excluding hydrogens is 236 g/mol. The van der Waals surface area contributed by atoms with Crippen LogP contribution in [0.5, 0.6) is 5.75 Å². The van der Waals surface area contributed by atoms with Gasteiger partial charge in [0.15, 0.2) is 0 Å². The molecule has 2 nitrogen and oxygen atoms in total. The third-order valence-corrected chi connectivity index (χ3v) is 4.34. The first-order valence-corrected chi connectivity index (χ1v) is 6.85. The van der Waals surface area contributed by atoms with Gasteiger partial charge in [-0.3, -0.25) is 4.79 Å². The van der Waals surface area contributed by atoms with Crippen molar-refractivity contribution in [3.8, 4) is 5.75 Å². The quantitative estimate of drug-likeness (QED) is 0.767. The number of carbonyl (C=O) groups excluding carboxylic acids is 1. The average molecular weight is 258 g/mol. The number of Topliss-reactive ketones (excluding diaryl/α,β-unsaturated/α-hetero) is 1. The molecule has 0 saturated heterocycles. The van der Waals surface area contributed by atoms with Crippen LogP contribution in [0.2, 0.25) is 0 Å². The Hall–Kier alpha value is -1.57. The van der Waals surface area contributed by atoms with E-state index in [-0.39, 0.29) is 5.92 Å². The van der Waals surface area contributed by atoms with Gasteiger partial charge in [0.2, 0.25) is 0 Å². The molecule has 1 aromatic carbocycles. The number of ketones is 1. The number of hydrogen-bond donors (Lipinski definition) is 0. The Kier molecular flexibility index (Phi) is 4.08. The van der Waals surface area contributed by atoms with Gasteiger partial charge < -0.3 is 4.74 Å². The average Bonchev–Trinajstić information content (AvgIpc) is 2.41. The fraction of sp³-hybridized carbons (Fsp3) is 0.471. The standard InChI is InChI=1S/C17H22O2/c1-11(2)14-9-16(12(3)17(18)10-14)13-5-7-15(19-4)8-6-13/h5-8,12,14,16H,1,9-10H2,2-4H3/t12?,14-,16-/m1/s1. The van der Waals surface area contributed by atoms with Gasteiger partial charge in [-0.25, -0.2) is 0 Å². The van der Waals surface area contributed by atoms with E-state index in [1.807, 2.05) is 26.0 Å². The molecule has 1 aromatic rings. The molecule has 0 amide bonds. The molecule has 1 unspecified atom stereocenters. The lowest BCUT2D eigenvalue weighted by molar-refractivity contribution is -0.125. The van der Waals surface area contributed by atoms with E-state index < -0.39 is 0 Å². The summed E-state index contributed by atoms with van der Waals surface area (Å²) in [7, 11) is 1.67. The van der Waals surface area contributed by atoms with Crippen LogP contribution >= 0.6 is 0 Å². The molecule has 19 heavy (non-hydrogen) atoms. The van der Waals surface area contributed by atoms with E-state index in [0.717, 1.165) is 17.7 Å². The van der Waals surface area contributed by atoms with Crippen LogP contribution in [0.1, 0.15) is 38.2 Å². The van der Waals surface area contributed by atoms with Crippen molar-refractivity contribution in [1.82, 2.24) is 0 Å². The van der Waals surface area contributed by atoms with Crippen LogP contribution in [0.4, 0.5) is 0 Å². The van der Waals surface area contributed by atoms with Crippen molar-refractivity contribution < 1.29 is 9.53 Å². The summed E-state index contributed by atoms with van der Waals surface area (Å²) in [5.41, 5.74) is 2.35. The van der Waals surface area contributed by atoms with E-state index in [4.69, 9.17) is 4.74 Å². The van der Waals surface area contributed by atoms with Crippen LogP contribution in [0.25, 0.3) is 0 Å². The summed E-state index contributed by atoms with van der Waals surface area (Å²) in [5.74, 6) is 1.95. The zero-order valence-corrected chi connectivity index (χ0v) is 12.0. The summed E-state index contributed by atoms with van der Waals surface area (Å²) in [6, 6.07) is 8.09. The second kappa shape index (κ2) is 5.60. The Balaban J connectivity index is 2.24. The van der Waals surface area contributed by atoms with Crippen LogP contribution in [0.15, 0.2) is 36.4 Å².